The van der Waals surface area contributed by atoms with Crippen molar-refractivity contribution in [3.8, 4) is 0 Å². The van der Waals surface area contributed by atoms with Gasteiger partial charge in [0.25, 0.3) is 0 Å². The van der Waals surface area contributed by atoms with E-state index in [9.17, 15) is 0 Å². The third-order valence-corrected chi connectivity index (χ3v) is 1.93. The number of likely N-dealkylation sites (N-methyl/N-ethyl adjacent to an activating group) is 1. The molecule has 0 atom stereocenters. The first-order valence-electron chi connectivity index (χ1n) is 3.72. The summed E-state index contributed by atoms with van der Waals surface area (Å²) < 4.78 is 0. The van der Waals surface area contributed by atoms with Crippen molar-refractivity contribution in [3.05, 3.63) is 11.1 Å². The van der Waals surface area contributed by atoms with Gasteiger partial charge in [0.1, 0.15) is 0 Å². The van der Waals surface area contributed by atoms with Crippen LogP contribution in [0.15, 0.2) is 11.1 Å². The van der Waals surface area contributed by atoms with Gasteiger partial charge in [-0.05, 0) is 25.6 Å². The summed E-state index contributed by atoms with van der Waals surface area (Å²) >= 11 is 5.52. The molecule has 0 aromatic carbocycles. The van der Waals surface area contributed by atoms with Crippen LogP contribution in [0.5, 0.6) is 0 Å². The van der Waals surface area contributed by atoms with E-state index in [2.05, 4.69) is 18.7 Å². The van der Waals surface area contributed by atoms with E-state index >= 15 is 0 Å². The number of rotatable bonds is 4. The molecule has 0 aromatic heterocycles. The molecule has 0 aromatic rings. The minimum Gasteiger partial charge on any atom is -0.300 e. The zero-order valence-corrected chi connectivity index (χ0v) is 7.78. The number of nitrogens with zero attached hydrogens (tertiary/aromatic N) is 1. The highest BCUT2D eigenvalue weighted by atomic mass is 35.5. The molecule has 0 bridgehead atoms. The monoisotopic (exact) mass is 161 g/mol. The molecule has 2 heteroatoms. The minimum absolute atomic E-state index is 0.997. The molecular weight excluding hydrogens is 146 g/mol. The highest BCUT2D eigenvalue weighted by Gasteiger charge is 1.97. The molecule has 0 saturated carbocycles. The van der Waals surface area contributed by atoms with E-state index in [0.717, 1.165) is 19.6 Å². The van der Waals surface area contributed by atoms with E-state index in [1.807, 2.05) is 6.92 Å². The first-order chi connectivity index (χ1) is 4.74. The molecule has 60 valence electrons. The summed E-state index contributed by atoms with van der Waals surface area (Å²) in [6.45, 7) is 9.55. The standard InChI is InChI=1S/C8H16ClN/c1-4-10(5-2)7-8(3)6-9/h6H,4-5,7H2,1-3H3/b8-6+. The lowest BCUT2D eigenvalue weighted by molar-refractivity contribution is 0.330. The van der Waals surface area contributed by atoms with Crippen LogP contribution in [0.3, 0.4) is 0 Å². The van der Waals surface area contributed by atoms with Crippen LogP contribution >= 0.6 is 11.6 Å². The van der Waals surface area contributed by atoms with E-state index in [1.54, 1.807) is 5.54 Å². The maximum absolute atomic E-state index is 5.52. The van der Waals surface area contributed by atoms with E-state index in [1.165, 1.54) is 5.57 Å². The molecule has 10 heavy (non-hydrogen) atoms. The molecule has 0 saturated heterocycles. The summed E-state index contributed by atoms with van der Waals surface area (Å²) in [5, 5.41) is 0. The molecule has 0 rings (SSSR count). The highest BCUT2D eigenvalue weighted by Crippen LogP contribution is 1.98. The van der Waals surface area contributed by atoms with Crippen molar-refractivity contribution in [1.82, 2.24) is 4.90 Å². The predicted molar refractivity (Wildman–Crippen MR) is 47.4 cm³/mol. The lowest BCUT2D eigenvalue weighted by Gasteiger charge is -2.17. The topological polar surface area (TPSA) is 3.24 Å². The van der Waals surface area contributed by atoms with E-state index in [4.69, 9.17) is 11.6 Å². The number of hydrogen-bond donors (Lipinski definition) is 0. The van der Waals surface area contributed by atoms with Crippen molar-refractivity contribution >= 4 is 11.6 Å². The Morgan fingerprint density at radius 3 is 2.20 bits per heavy atom. The first-order valence-corrected chi connectivity index (χ1v) is 4.16. The molecule has 0 aliphatic rings. The van der Waals surface area contributed by atoms with Crippen LogP contribution in [-0.2, 0) is 0 Å². The second-order valence-electron chi connectivity index (χ2n) is 2.42. The summed E-state index contributed by atoms with van der Waals surface area (Å²) in [5.74, 6) is 0. The Balaban J connectivity index is 3.63. The summed E-state index contributed by atoms with van der Waals surface area (Å²) in [5.41, 5.74) is 2.88. The zero-order chi connectivity index (χ0) is 7.98. The highest BCUT2D eigenvalue weighted by molar-refractivity contribution is 6.25. The second kappa shape index (κ2) is 5.75. The maximum atomic E-state index is 5.52. The number of halogens is 1. The summed E-state index contributed by atoms with van der Waals surface area (Å²) in [4.78, 5) is 2.33. The van der Waals surface area contributed by atoms with Gasteiger partial charge < -0.3 is 0 Å². The van der Waals surface area contributed by atoms with E-state index < -0.39 is 0 Å². The Hall–Kier alpha value is -0.0100. The lowest BCUT2D eigenvalue weighted by atomic mass is 10.3. The predicted octanol–water partition coefficient (Wildman–Crippen LogP) is 2.47. The van der Waals surface area contributed by atoms with E-state index in [0.29, 0.717) is 0 Å². The number of hydrogen-bond acceptors (Lipinski definition) is 1. The van der Waals surface area contributed by atoms with Crippen LogP contribution in [0.4, 0.5) is 0 Å². The summed E-state index contributed by atoms with van der Waals surface area (Å²) in [6.07, 6.45) is 0. The molecule has 0 heterocycles. The molecule has 0 aliphatic carbocycles. The Labute approximate surface area is 68.7 Å². The fraction of sp³-hybridized carbons (Fsp3) is 0.750. The summed E-state index contributed by atoms with van der Waals surface area (Å²) in [7, 11) is 0. The fourth-order valence-corrected chi connectivity index (χ4v) is 0.903. The zero-order valence-electron chi connectivity index (χ0n) is 7.02. The Morgan fingerprint density at radius 2 is 1.90 bits per heavy atom. The van der Waals surface area contributed by atoms with Crippen molar-refractivity contribution in [2.75, 3.05) is 19.6 Å². The molecular formula is C8H16ClN. The molecule has 0 amide bonds. The molecule has 0 radical (unpaired) electrons. The van der Waals surface area contributed by atoms with Gasteiger partial charge in [-0.2, -0.15) is 0 Å². The minimum atomic E-state index is 0.997. The van der Waals surface area contributed by atoms with Gasteiger partial charge >= 0.3 is 0 Å². The van der Waals surface area contributed by atoms with Gasteiger partial charge in [-0.25, -0.2) is 0 Å². The van der Waals surface area contributed by atoms with E-state index in [-0.39, 0.29) is 0 Å². The maximum Gasteiger partial charge on any atom is 0.0201 e. The largest absolute Gasteiger partial charge is 0.300 e. The molecule has 0 N–H and O–H groups in total. The fourth-order valence-electron chi connectivity index (χ4n) is 0.834. The quantitative estimate of drug-likeness (QED) is 0.613. The van der Waals surface area contributed by atoms with Crippen LogP contribution in [-0.4, -0.2) is 24.5 Å². The third-order valence-electron chi connectivity index (χ3n) is 1.55. The summed E-state index contributed by atoms with van der Waals surface area (Å²) in [6, 6.07) is 0. The van der Waals surface area contributed by atoms with Gasteiger partial charge in [-0.15, -0.1) is 0 Å². The SMILES string of the molecule is CCN(CC)C/C(C)=C/Cl. The van der Waals surface area contributed by atoms with Crippen molar-refractivity contribution in [2.24, 2.45) is 0 Å². The van der Waals surface area contributed by atoms with Crippen LogP contribution in [0.1, 0.15) is 20.8 Å². The van der Waals surface area contributed by atoms with Gasteiger partial charge in [0.2, 0.25) is 0 Å². The van der Waals surface area contributed by atoms with Crippen LogP contribution < -0.4 is 0 Å². The van der Waals surface area contributed by atoms with Gasteiger partial charge in [0, 0.05) is 12.1 Å². The van der Waals surface area contributed by atoms with Crippen LogP contribution in [0.2, 0.25) is 0 Å². The average Bonchev–Trinajstić information content (AvgIpc) is 1.99. The molecule has 1 nitrogen and oxygen atoms in total. The smallest absolute Gasteiger partial charge is 0.0201 e. The molecule has 0 aliphatic heterocycles. The Kier molecular flexibility index (Phi) is 5.74. The van der Waals surface area contributed by atoms with Gasteiger partial charge in [-0.1, -0.05) is 25.4 Å². The first kappa shape index (κ1) is 9.99. The Morgan fingerprint density at radius 1 is 1.40 bits per heavy atom. The third kappa shape index (κ3) is 3.91. The van der Waals surface area contributed by atoms with Crippen LogP contribution in [0.25, 0.3) is 0 Å². The molecule has 0 unspecified atom stereocenters. The molecule has 0 fully saturated rings. The van der Waals surface area contributed by atoms with Gasteiger partial charge in [-0.3, -0.25) is 4.90 Å². The molecule has 0 spiro atoms. The normalized spacial score (nSPS) is 12.7. The second-order valence-corrected chi connectivity index (χ2v) is 2.64. The van der Waals surface area contributed by atoms with Gasteiger partial charge in [0.15, 0.2) is 0 Å². The lowest BCUT2D eigenvalue weighted by Crippen LogP contribution is -2.24. The van der Waals surface area contributed by atoms with Crippen molar-refractivity contribution in [1.29, 1.82) is 0 Å². The van der Waals surface area contributed by atoms with Gasteiger partial charge in [0.05, 0.1) is 0 Å². The van der Waals surface area contributed by atoms with Crippen molar-refractivity contribution in [3.63, 3.8) is 0 Å². The van der Waals surface area contributed by atoms with Crippen LogP contribution in [0, 0.1) is 0 Å². The van der Waals surface area contributed by atoms with Crippen molar-refractivity contribution < 1.29 is 0 Å². The Bertz CT molecular complexity index is 106. The average molecular weight is 162 g/mol. The van der Waals surface area contributed by atoms with Crippen molar-refractivity contribution in [2.45, 2.75) is 20.8 Å².